The summed E-state index contributed by atoms with van der Waals surface area (Å²) in [7, 11) is -3.76. The number of aromatic hydroxyl groups is 1. The van der Waals surface area contributed by atoms with Crippen molar-refractivity contribution in [1.29, 1.82) is 0 Å². The number of primary sulfonamides is 1. The van der Waals surface area contributed by atoms with Crippen LogP contribution in [-0.2, 0) is 10.0 Å². The zero-order valence-corrected chi connectivity index (χ0v) is 12.1. The number of hydrogen-bond acceptors (Lipinski definition) is 4. The Balaban J connectivity index is 2.24. The van der Waals surface area contributed by atoms with Crippen molar-refractivity contribution in [3.8, 4) is 5.75 Å². The molecule has 0 aliphatic heterocycles. The van der Waals surface area contributed by atoms with E-state index in [1.165, 1.54) is 24.3 Å². The summed E-state index contributed by atoms with van der Waals surface area (Å²) in [5, 5.41) is 17.2. The number of phenols is 1. The largest absolute Gasteiger partial charge is 0.505 e. The predicted octanol–water partition coefficient (Wildman–Crippen LogP) is 2.35. The molecular formula is C14H15FN2O3S. The third kappa shape index (κ3) is 3.71. The number of benzene rings is 2. The van der Waals surface area contributed by atoms with Crippen LogP contribution in [0.4, 0.5) is 10.1 Å². The number of nitrogens with two attached hydrogens (primary N) is 1. The molecule has 2 aromatic carbocycles. The lowest BCUT2D eigenvalue weighted by atomic mass is 10.1. The normalized spacial score (nSPS) is 12.9. The summed E-state index contributed by atoms with van der Waals surface area (Å²) < 4.78 is 35.9. The Hall–Kier alpha value is -2.12. The highest BCUT2D eigenvalue weighted by atomic mass is 32.2. The average molecular weight is 310 g/mol. The molecule has 0 aliphatic carbocycles. The number of halogens is 1. The van der Waals surface area contributed by atoms with E-state index < -0.39 is 21.6 Å². The molecule has 0 amide bonds. The molecule has 0 bridgehead atoms. The van der Waals surface area contributed by atoms with Crippen LogP contribution in [0.1, 0.15) is 18.5 Å². The van der Waals surface area contributed by atoms with E-state index in [1.807, 2.05) is 0 Å². The minimum atomic E-state index is -3.76. The number of rotatable bonds is 4. The van der Waals surface area contributed by atoms with Crippen LogP contribution >= 0.6 is 0 Å². The Labute approximate surface area is 122 Å². The molecule has 0 saturated carbocycles. The van der Waals surface area contributed by atoms with Crippen molar-refractivity contribution in [2.45, 2.75) is 17.9 Å². The van der Waals surface area contributed by atoms with Crippen LogP contribution in [-0.4, -0.2) is 13.5 Å². The van der Waals surface area contributed by atoms with E-state index in [2.05, 4.69) is 5.32 Å². The van der Waals surface area contributed by atoms with E-state index in [-0.39, 0.29) is 10.9 Å². The SMILES string of the molecule is CC(Nc1ccc(O)c(F)c1)c1cccc(S(N)(=O)=O)c1. The van der Waals surface area contributed by atoms with Gasteiger partial charge in [0.05, 0.1) is 4.90 Å². The molecule has 2 aromatic rings. The van der Waals surface area contributed by atoms with E-state index >= 15 is 0 Å². The van der Waals surface area contributed by atoms with Gasteiger partial charge in [0.15, 0.2) is 11.6 Å². The van der Waals surface area contributed by atoms with E-state index in [0.717, 1.165) is 6.07 Å². The molecule has 1 unspecified atom stereocenters. The highest BCUT2D eigenvalue weighted by Gasteiger charge is 2.12. The van der Waals surface area contributed by atoms with Crippen molar-refractivity contribution in [3.05, 3.63) is 53.8 Å². The van der Waals surface area contributed by atoms with Crippen molar-refractivity contribution in [2.24, 2.45) is 5.14 Å². The van der Waals surface area contributed by atoms with Crippen molar-refractivity contribution in [3.63, 3.8) is 0 Å². The van der Waals surface area contributed by atoms with Gasteiger partial charge in [-0.3, -0.25) is 0 Å². The van der Waals surface area contributed by atoms with Crippen LogP contribution in [0.2, 0.25) is 0 Å². The number of phenolic OH excluding ortho intramolecular Hbond substituents is 1. The van der Waals surface area contributed by atoms with Crippen molar-refractivity contribution in [2.75, 3.05) is 5.32 Å². The molecule has 1 atom stereocenters. The third-order valence-corrected chi connectivity index (χ3v) is 3.93. The summed E-state index contributed by atoms with van der Waals surface area (Å²) in [6.07, 6.45) is 0. The molecule has 21 heavy (non-hydrogen) atoms. The van der Waals surface area contributed by atoms with Gasteiger partial charge in [0.25, 0.3) is 0 Å². The molecule has 0 aliphatic rings. The zero-order chi connectivity index (χ0) is 15.6. The van der Waals surface area contributed by atoms with Crippen molar-refractivity contribution >= 4 is 15.7 Å². The molecule has 0 radical (unpaired) electrons. The van der Waals surface area contributed by atoms with E-state index in [4.69, 9.17) is 10.2 Å². The number of sulfonamides is 1. The topological polar surface area (TPSA) is 92.4 Å². The molecule has 0 saturated heterocycles. The monoisotopic (exact) mass is 310 g/mol. The highest BCUT2D eigenvalue weighted by Crippen LogP contribution is 2.24. The first-order valence-electron chi connectivity index (χ1n) is 6.15. The lowest BCUT2D eigenvalue weighted by Gasteiger charge is -2.16. The van der Waals surface area contributed by atoms with E-state index in [9.17, 15) is 12.8 Å². The molecule has 0 aromatic heterocycles. The van der Waals surface area contributed by atoms with Crippen LogP contribution in [0.3, 0.4) is 0 Å². The smallest absolute Gasteiger partial charge is 0.238 e. The second-order valence-corrected chi connectivity index (χ2v) is 6.21. The Bertz CT molecular complexity index is 763. The van der Waals surface area contributed by atoms with E-state index in [1.54, 1.807) is 19.1 Å². The van der Waals surface area contributed by atoms with Gasteiger partial charge in [0, 0.05) is 17.8 Å². The summed E-state index contributed by atoms with van der Waals surface area (Å²) in [5.41, 5.74) is 1.16. The van der Waals surface area contributed by atoms with Gasteiger partial charge in [0.1, 0.15) is 0 Å². The molecule has 112 valence electrons. The zero-order valence-electron chi connectivity index (χ0n) is 11.2. The summed E-state index contributed by atoms with van der Waals surface area (Å²) in [4.78, 5) is 0.0190. The van der Waals surface area contributed by atoms with E-state index in [0.29, 0.717) is 11.3 Å². The molecule has 4 N–H and O–H groups in total. The molecule has 7 heteroatoms. The fourth-order valence-electron chi connectivity index (χ4n) is 1.89. The predicted molar refractivity (Wildman–Crippen MR) is 77.9 cm³/mol. The first-order chi connectivity index (χ1) is 9.77. The Morgan fingerprint density at radius 1 is 1.24 bits per heavy atom. The first-order valence-corrected chi connectivity index (χ1v) is 7.70. The van der Waals surface area contributed by atoms with Gasteiger partial charge in [-0.2, -0.15) is 0 Å². The molecule has 0 spiro atoms. The number of nitrogens with one attached hydrogen (secondary N) is 1. The summed E-state index contributed by atoms with van der Waals surface area (Å²) >= 11 is 0. The molecule has 0 heterocycles. The van der Waals surface area contributed by atoms with Crippen molar-refractivity contribution < 1.29 is 17.9 Å². The third-order valence-electron chi connectivity index (χ3n) is 3.02. The number of anilines is 1. The lowest BCUT2D eigenvalue weighted by molar-refractivity contribution is 0.432. The minimum Gasteiger partial charge on any atom is -0.505 e. The van der Waals surface area contributed by atoms with Crippen LogP contribution < -0.4 is 10.5 Å². The number of hydrogen-bond donors (Lipinski definition) is 3. The molecule has 5 nitrogen and oxygen atoms in total. The van der Waals surface area contributed by atoms with Crippen LogP contribution in [0, 0.1) is 5.82 Å². The van der Waals surface area contributed by atoms with Gasteiger partial charge in [-0.1, -0.05) is 12.1 Å². The maximum atomic E-state index is 13.3. The molecular weight excluding hydrogens is 295 g/mol. The standard InChI is InChI=1S/C14H15FN2O3S/c1-9(17-11-5-6-14(18)13(15)8-11)10-3-2-4-12(7-10)21(16,19)20/h2-9,17-18H,1H3,(H2,16,19,20). The maximum absolute atomic E-state index is 13.3. The summed E-state index contributed by atoms with van der Waals surface area (Å²) in [6.45, 7) is 1.80. The second-order valence-electron chi connectivity index (χ2n) is 4.65. The van der Waals surface area contributed by atoms with Gasteiger partial charge in [-0.25, -0.2) is 17.9 Å². The average Bonchev–Trinajstić information content (AvgIpc) is 2.42. The fourth-order valence-corrected chi connectivity index (χ4v) is 2.46. The highest BCUT2D eigenvalue weighted by molar-refractivity contribution is 7.89. The Kier molecular flexibility index (Phi) is 4.15. The Morgan fingerprint density at radius 2 is 1.95 bits per heavy atom. The lowest BCUT2D eigenvalue weighted by Crippen LogP contribution is -2.13. The maximum Gasteiger partial charge on any atom is 0.238 e. The van der Waals surface area contributed by atoms with Crippen molar-refractivity contribution in [1.82, 2.24) is 0 Å². The van der Waals surface area contributed by atoms with Crippen LogP contribution in [0.25, 0.3) is 0 Å². The van der Waals surface area contributed by atoms with Gasteiger partial charge in [-0.15, -0.1) is 0 Å². The Morgan fingerprint density at radius 3 is 2.57 bits per heavy atom. The van der Waals surface area contributed by atoms with Crippen LogP contribution in [0.5, 0.6) is 5.75 Å². The van der Waals surface area contributed by atoms with Gasteiger partial charge < -0.3 is 10.4 Å². The molecule has 0 fully saturated rings. The minimum absolute atomic E-state index is 0.0190. The van der Waals surface area contributed by atoms with Gasteiger partial charge in [-0.05, 0) is 36.8 Å². The quantitative estimate of drug-likeness (QED) is 0.756. The van der Waals surface area contributed by atoms with Crippen LogP contribution in [0.15, 0.2) is 47.4 Å². The first kappa shape index (κ1) is 15.3. The van der Waals surface area contributed by atoms with Gasteiger partial charge >= 0.3 is 0 Å². The second kappa shape index (κ2) is 5.71. The fraction of sp³-hybridized carbons (Fsp3) is 0.143. The van der Waals surface area contributed by atoms with Gasteiger partial charge in [0.2, 0.25) is 10.0 Å². The summed E-state index contributed by atoms with van der Waals surface area (Å²) in [5.74, 6) is -1.16. The molecule has 2 rings (SSSR count). The summed E-state index contributed by atoms with van der Waals surface area (Å²) in [6, 6.07) is 9.86.